The van der Waals surface area contributed by atoms with Crippen LogP contribution in [-0.4, -0.2) is 32.2 Å². The van der Waals surface area contributed by atoms with Crippen molar-refractivity contribution in [2.24, 2.45) is 0 Å². The standard InChI is InChI=1S/C21H22N2O4/c1-21(2)13-6-11-7-14(22-15(11)10-16(13)23-20(21)24)12-8-17(25-3)19(27-5)18(9-12)26-4/h6-10,22H,1-5H3,(H,23,24). The Morgan fingerprint density at radius 1 is 0.889 bits per heavy atom. The van der Waals surface area contributed by atoms with Crippen LogP contribution >= 0.6 is 0 Å². The number of aromatic nitrogens is 1. The number of carbonyl (C=O) groups excluding carboxylic acids is 1. The molecule has 2 N–H and O–H groups in total. The number of hydrogen-bond donors (Lipinski definition) is 2. The number of rotatable bonds is 4. The summed E-state index contributed by atoms with van der Waals surface area (Å²) in [6, 6.07) is 9.94. The predicted octanol–water partition coefficient (Wildman–Crippen LogP) is 4.09. The van der Waals surface area contributed by atoms with Crippen molar-refractivity contribution in [2.75, 3.05) is 26.6 Å². The molecule has 1 amide bonds. The molecule has 3 aromatic rings. The zero-order chi connectivity index (χ0) is 19.3. The van der Waals surface area contributed by atoms with E-state index in [1.807, 2.05) is 32.0 Å². The number of fused-ring (bicyclic) bond motifs is 2. The molecule has 4 rings (SSSR count). The van der Waals surface area contributed by atoms with Gasteiger partial charge in [0, 0.05) is 27.8 Å². The van der Waals surface area contributed by atoms with Crippen LogP contribution in [0, 0.1) is 0 Å². The Bertz CT molecular complexity index is 1040. The topological polar surface area (TPSA) is 72.6 Å². The molecule has 2 aromatic carbocycles. The molecule has 0 bridgehead atoms. The monoisotopic (exact) mass is 366 g/mol. The molecule has 27 heavy (non-hydrogen) atoms. The van der Waals surface area contributed by atoms with Crippen molar-refractivity contribution in [2.45, 2.75) is 19.3 Å². The molecule has 140 valence electrons. The summed E-state index contributed by atoms with van der Waals surface area (Å²) >= 11 is 0. The van der Waals surface area contributed by atoms with E-state index in [0.29, 0.717) is 17.2 Å². The first-order chi connectivity index (χ1) is 12.9. The molecule has 2 heterocycles. The Morgan fingerprint density at radius 3 is 2.15 bits per heavy atom. The minimum Gasteiger partial charge on any atom is -0.493 e. The van der Waals surface area contributed by atoms with Crippen molar-refractivity contribution in [3.63, 3.8) is 0 Å². The lowest BCUT2D eigenvalue weighted by Crippen LogP contribution is -2.26. The van der Waals surface area contributed by atoms with Gasteiger partial charge >= 0.3 is 0 Å². The van der Waals surface area contributed by atoms with Crippen molar-refractivity contribution in [3.05, 3.63) is 35.9 Å². The molecule has 6 nitrogen and oxygen atoms in total. The van der Waals surface area contributed by atoms with Gasteiger partial charge in [-0.15, -0.1) is 0 Å². The largest absolute Gasteiger partial charge is 0.493 e. The van der Waals surface area contributed by atoms with Gasteiger partial charge in [-0.25, -0.2) is 0 Å². The van der Waals surface area contributed by atoms with E-state index in [-0.39, 0.29) is 5.91 Å². The van der Waals surface area contributed by atoms with Gasteiger partial charge in [0.1, 0.15) is 0 Å². The maximum absolute atomic E-state index is 12.2. The summed E-state index contributed by atoms with van der Waals surface area (Å²) in [5.41, 5.74) is 4.14. The second-order valence-corrected chi connectivity index (χ2v) is 7.16. The van der Waals surface area contributed by atoms with Crippen LogP contribution < -0.4 is 19.5 Å². The maximum atomic E-state index is 12.2. The van der Waals surface area contributed by atoms with Crippen molar-refractivity contribution in [1.82, 2.24) is 4.98 Å². The minimum absolute atomic E-state index is 0.0232. The second kappa shape index (κ2) is 5.94. The second-order valence-electron chi connectivity index (χ2n) is 7.16. The van der Waals surface area contributed by atoms with Crippen LogP contribution in [0.15, 0.2) is 30.3 Å². The average molecular weight is 366 g/mol. The van der Waals surface area contributed by atoms with Gasteiger partial charge in [0.25, 0.3) is 0 Å². The molecule has 1 aromatic heterocycles. The SMILES string of the molecule is COc1cc(-c2cc3cc4c(cc3[nH]2)NC(=O)C4(C)C)cc(OC)c1OC. The molecule has 0 saturated heterocycles. The van der Waals surface area contributed by atoms with Crippen LogP contribution in [0.1, 0.15) is 19.4 Å². The number of benzene rings is 2. The number of aromatic amines is 1. The van der Waals surface area contributed by atoms with Gasteiger partial charge in [-0.05, 0) is 49.7 Å². The van der Waals surface area contributed by atoms with Crippen LogP contribution in [0.3, 0.4) is 0 Å². The first kappa shape index (κ1) is 17.3. The lowest BCUT2D eigenvalue weighted by Gasteiger charge is -2.14. The Balaban J connectivity index is 1.86. The van der Waals surface area contributed by atoms with Gasteiger partial charge in [-0.1, -0.05) is 0 Å². The van der Waals surface area contributed by atoms with E-state index < -0.39 is 5.41 Å². The molecule has 1 aliphatic rings. The molecule has 6 heteroatoms. The summed E-state index contributed by atoms with van der Waals surface area (Å²) in [5, 5.41) is 4.01. The van der Waals surface area contributed by atoms with Gasteiger partial charge in [-0.3, -0.25) is 4.79 Å². The number of H-pyrrole nitrogens is 1. The molecular formula is C21H22N2O4. The minimum atomic E-state index is -0.534. The normalized spacial score (nSPS) is 14.8. The number of hydrogen-bond acceptors (Lipinski definition) is 4. The molecule has 0 fully saturated rings. The average Bonchev–Trinajstić information content (AvgIpc) is 3.17. The van der Waals surface area contributed by atoms with E-state index in [4.69, 9.17) is 14.2 Å². The zero-order valence-electron chi connectivity index (χ0n) is 16.0. The highest BCUT2D eigenvalue weighted by atomic mass is 16.5. The first-order valence-electron chi connectivity index (χ1n) is 8.68. The quantitative estimate of drug-likeness (QED) is 0.729. The summed E-state index contributed by atoms with van der Waals surface area (Å²) in [6.45, 7) is 3.87. The van der Waals surface area contributed by atoms with Crippen molar-refractivity contribution in [1.29, 1.82) is 0 Å². The summed E-state index contributed by atoms with van der Waals surface area (Å²) in [4.78, 5) is 15.6. The highest BCUT2D eigenvalue weighted by molar-refractivity contribution is 6.08. The van der Waals surface area contributed by atoms with E-state index >= 15 is 0 Å². The van der Waals surface area contributed by atoms with E-state index in [1.165, 1.54) is 0 Å². The molecule has 0 unspecified atom stereocenters. The third-order valence-electron chi connectivity index (χ3n) is 5.22. The van der Waals surface area contributed by atoms with Crippen molar-refractivity contribution >= 4 is 22.5 Å². The van der Waals surface area contributed by atoms with Crippen molar-refractivity contribution < 1.29 is 19.0 Å². The Kier molecular flexibility index (Phi) is 3.80. The third-order valence-corrected chi connectivity index (χ3v) is 5.22. The zero-order valence-corrected chi connectivity index (χ0v) is 16.0. The van der Waals surface area contributed by atoms with Crippen molar-refractivity contribution in [3.8, 4) is 28.5 Å². The number of anilines is 1. The summed E-state index contributed by atoms with van der Waals surface area (Å²) in [6.07, 6.45) is 0. The van der Waals surface area contributed by atoms with E-state index in [9.17, 15) is 4.79 Å². The number of amides is 1. The van der Waals surface area contributed by atoms with Gasteiger partial charge in [-0.2, -0.15) is 0 Å². The molecule has 1 aliphatic heterocycles. The smallest absolute Gasteiger partial charge is 0.234 e. The summed E-state index contributed by atoms with van der Waals surface area (Å²) in [5.74, 6) is 1.78. The molecular weight excluding hydrogens is 344 g/mol. The van der Waals surface area contributed by atoms with E-state index in [2.05, 4.69) is 22.4 Å². The van der Waals surface area contributed by atoms with E-state index in [0.717, 1.165) is 33.4 Å². The van der Waals surface area contributed by atoms with Gasteiger partial charge in [0.05, 0.1) is 26.7 Å². The number of carbonyl (C=O) groups is 1. The van der Waals surface area contributed by atoms with E-state index in [1.54, 1.807) is 21.3 Å². The van der Waals surface area contributed by atoms with Crippen LogP contribution in [0.5, 0.6) is 17.2 Å². The van der Waals surface area contributed by atoms with Gasteiger partial charge in [0.2, 0.25) is 11.7 Å². The van der Waals surface area contributed by atoms with Crippen LogP contribution in [-0.2, 0) is 10.2 Å². The predicted molar refractivity (Wildman–Crippen MR) is 105 cm³/mol. The molecule has 0 aliphatic carbocycles. The Hall–Kier alpha value is -3.15. The number of ether oxygens (including phenoxy) is 3. The maximum Gasteiger partial charge on any atom is 0.234 e. The molecule has 0 saturated carbocycles. The van der Waals surface area contributed by atoms with Gasteiger partial charge < -0.3 is 24.5 Å². The lowest BCUT2D eigenvalue weighted by molar-refractivity contribution is -0.119. The molecule has 0 atom stereocenters. The first-order valence-corrected chi connectivity index (χ1v) is 8.68. The highest BCUT2D eigenvalue weighted by Crippen LogP contribution is 2.43. The Morgan fingerprint density at radius 2 is 1.56 bits per heavy atom. The summed E-state index contributed by atoms with van der Waals surface area (Å²) in [7, 11) is 4.78. The fourth-order valence-electron chi connectivity index (χ4n) is 3.59. The Labute approximate surface area is 157 Å². The fourth-order valence-corrected chi connectivity index (χ4v) is 3.59. The third kappa shape index (κ3) is 2.51. The van der Waals surface area contributed by atoms with Crippen LogP contribution in [0.2, 0.25) is 0 Å². The highest BCUT2D eigenvalue weighted by Gasteiger charge is 2.38. The van der Waals surface area contributed by atoms with Gasteiger partial charge in [0.15, 0.2) is 11.5 Å². The lowest BCUT2D eigenvalue weighted by atomic mass is 9.86. The number of nitrogens with one attached hydrogen (secondary N) is 2. The molecule has 0 radical (unpaired) electrons. The van der Waals surface area contributed by atoms with Crippen LogP contribution in [0.25, 0.3) is 22.2 Å². The molecule has 0 spiro atoms. The summed E-state index contributed by atoms with van der Waals surface area (Å²) < 4.78 is 16.3. The number of methoxy groups -OCH3 is 3. The fraction of sp³-hybridized carbons (Fsp3) is 0.286. The van der Waals surface area contributed by atoms with Crippen LogP contribution in [0.4, 0.5) is 5.69 Å².